The number of anilines is 1. The van der Waals surface area contributed by atoms with E-state index in [1.807, 2.05) is 18.2 Å². The van der Waals surface area contributed by atoms with Gasteiger partial charge in [0, 0.05) is 5.69 Å². The summed E-state index contributed by atoms with van der Waals surface area (Å²) >= 11 is 2.91. The number of carbonyl (C=O) groups is 3. The summed E-state index contributed by atoms with van der Waals surface area (Å²) < 4.78 is 11.5. The molecule has 3 amide bonds. The summed E-state index contributed by atoms with van der Waals surface area (Å²) in [6.07, 6.45) is 1.61. The zero-order chi connectivity index (χ0) is 23.4. The molecule has 0 unspecified atom stereocenters. The average molecular weight is 566 g/mol. The fourth-order valence-electron chi connectivity index (χ4n) is 3.10. The Bertz CT molecular complexity index is 1080. The van der Waals surface area contributed by atoms with Gasteiger partial charge in [0.2, 0.25) is 5.91 Å². The summed E-state index contributed by atoms with van der Waals surface area (Å²) in [6.45, 7) is 3.82. The molecular weight excluding hydrogens is 543 g/mol. The summed E-state index contributed by atoms with van der Waals surface area (Å²) in [6, 6.07) is 11.0. The molecule has 2 aromatic carbocycles. The predicted octanol–water partition coefficient (Wildman–Crippen LogP) is 5.11. The van der Waals surface area contributed by atoms with Gasteiger partial charge in [-0.3, -0.25) is 19.3 Å². The summed E-state index contributed by atoms with van der Waals surface area (Å²) in [4.78, 5) is 38.8. The van der Waals surface area contributed by atoms with Crippen LogP contribution in [0.5, 0.6) is 11.5 Å². The first-order valence-corrected chi connectivity index (χ1v) is 11.7. The number of imide groups is 1. The Morgan fingerprint density at radius 2 is 1.84 bits per heavy atom. The molecule has 9 heteroatoms. The number of hydrogen-bond acceptors (Lipinski definition) is 6. The largest absolute Gasteiger partial charge is 0.493 e. The van der Waals surface area contributed by atoms with Gasteiger partial charge in [-0.2, -0.15) is 0 Å². The van der Waals surface area contributed by atoms with Crippen LogP contribution in [0.15, 0.2) is 41.3 Å². The lowest BCUT2D eigenvalue weighted by molar-refractivity contribution is -0.127. The lowest BCUT2D eigenvalue weighted by Gasteiger charge is -2.13. The van der Waals surface area contributed by atoms with E-state index in [4.69, 9.17) is 9.47 Å². The lowest BCUT2D eigenvalue weighted by Crippen LogP contribution is -2.36. The Labute approximate surface area is 204 Å². The smallest absolute Gasteiger partial charge is 0.294 e. The molecule has 0 saturated carbocycles. The van der Waals surface area contributed by atoms with Crippen LogP contribution in [0, 0.1) is 3.57 Å². The van der Waals surface area contributed by atoms with Crippen LogP contribution in [-0.4, -0.2) is 42.7 Å². The number of amides is 3. The highest BCUT2D eigenvalue weighted by Crippen LogP contribution is 2.37. The van der Waals surface area contributed by atoms with E-state index in [0.29, 0.717) is 28.7 Å². The van der Waals surface area contributed by atoms with Gasteiger partial charge in [-0.1, -0.05) is 26.0 Å². The molecule has 1 aliphatic rings. The van der Waals surface area contributed by atoms with Crippen LogP contribution in [-0.2, 0) is 9.59 Å². The second-order valence-electron chi connectivity index (χ2n) is 7.33. The Morgan fingerprint density at radius 1 is 1.16 bits per heavy atom. The molecule has 1 heterocycles. The molecule has 0 bridgehead atoms. The standard InChI is InChI=1S/C23H23IN2O5S/c1-13(2)15-5-7-16(8-6-15)25-20(27)12-26-22(28)19(32-23(26)29)11-14-9-17(24)21(31-4)18(10-14)30-3/h5-11,13H,12H2,1-4H3,(H,25,27)/b19-11+. The number of nitrogens with zero attached hydrogens (tertiary/aromatic N) is 1. The third-order valence-corrected chi connectivity index (χ3v) is 6.50. The highest BCUT2D eigenvalue weighted by molar-refractivity contribution is 14.1. The van der Waals surface area contributed by atoms with Crippen molar-refractivity contribution < 1.29 is 23.9 Å². The Kier molecular flexibility index (Phi) is 7.83. The van der Waals surface area contributed by atoms with E-state index in [-0.39, 0.29) is 11.4 Å². The minimum atomic E-state index is -0.505. The Hall–Kier alpha value is -2.53. The number of ether oxygens (including phenoxy) is 2. The molecule has 1 aliphatic heterocycles. The van der Waals surface area contributed by atoms with E-state index in [2.05, 4.69) is 41.8 Å². The SMILES string of the molecule is COc1cc(/C=C2/SC(=O)N(CC(=O)Nc3ccc(C(C)C)cc3)C2=O)cc(I)c1OC. The number of halogens is 1. The third-order valence-electron chi connectivity index (χ3n) is 4.79. The van der Waals surface area contributed by atoms with Crippen molar-refractivity contribution in [1.82, 2.24) is 4.90 Å². The minimum absolute atomic E-state index is 0.243. The van der Waals surface area contributed by atoms with Crippen molar-refractivity contribution in [3.8, 4) is 11.5 Å². The average Bonchev–Trinajstić information content (AvgIpc) is 3.00. The summed E-state index contributed by atoms with van der Waals surface area (Å²) in [7, 11) is 3.08. The maximum absolute atomic E-state index is 12.8. The molecule has 0 radical (unpaired) electrons. The van der Waals surface area contributed by atoms with Crippen LogP contribution >= 0.6 is 34.4 Å². The number of thioether (sulfide) groups is 1. The lowest BCUT2D eigenvalue weighted by atomic mass is 10.0. The van der Waals surface area contributed by atoms with Gasteiger partial charge in [-0.15, -0.1) is 0 Å². The van der Waals surface area contributed by atoms with E-state index in [0.717, 1.165) is 25.8 Å². The van der Waals surface area contributed by atoms with Crippen molar-refractivity contribution in [2.75, 3.05) is 26.1 Å². The van der Waals surface area contributed by atoms with Crippen LogP contribution in [0.1, 0.15) is 30.9 Å². The minimum Gasteiger partial charge on any atom is -0.493 e. The molecule has 2 aromatic rings. The molecule has 0 spiro atoms. The van der Waals surface area contributed by atoms with Gasteiger partial charge in [0.25, 0.3) is 11.1 Å². The highest BCUT2D eigenvalue weighted by atomic mass is 127. The number of rotatable bonds is 7. The van der Waals surface area contributed by atoms with Gasteiger partial charge in [0.05, 0.1) is 22.7 Å². The zero-order valence-electron chi connectivity index (χ0n) is 18.1. The molecule has 1 N–H and O–H groups in total. The van der Waals surface area contributed by atoms with Crippen molar-refractivity contribution in [3.63, 3.8) is 0 Å². The zero-order valence-corrected chi connectivity index (χ0v) is 21.1. The summed E-state index contributed by atoms with van der Waals surface area (Å²) in [5, 5.41) is 2.25. The number of hydrogen-bond donors (Lipinski definition) is 1. The first-order chi connectivity index (χ1) is 15.2. The molecule has 7 nitrogen and oxygen atoms in total. The quantitative estimate of drug-likeness (QED) is 0.371. The van der Waals surface area contributed by atoms with E-state index in [1.54, 1.807) is 31.4 Å². The maximum atomic E-state index is 12.8. The van der Waals surface area contributed by atoms with Gasteiger partial charge < -0.3 is 14.8 Å². The van der Waals surface area contributed by atoms with Crippen molar-refractivity contribution in [2.24, 2.45) is 0 Å². The highest BCUT2D eigenvalue weighted by Gasteiger charge is 2.36. The molecule has 1 saturated heterocycles. The van der Waals surface area contributed by atoms with E-state index >= 15 is 0 Å². The fraction of sp³-hybridized carbons (Fsp3) is 0.261. The van der Waals surface area contributed by atoms with Gasteiger partial charge in [-0.25, -0.2) is 0 Å². The Balaban J connectivity index is 1.72. The van der Waals surface area contributed by atoms with Crippen LogP contribution in [0.2, 0.25) is 0 Å². The van der Waals surface area contributed by atoms with E-state index in [9.17, 15) is 14.4 Å². The number of nitrogens with one attached hydrogen (secondary N) is 1. The van der Waals surface area contributed by atoms with Crippen molar-refractivity contribution in [1.29, 1.82) is 0 Å². The van der Waals surface area contributed by atoms with Crippen LogP contribution in [0.4, 0.5) is 10.5 Å². The topological polar surface area (TPSA) is 84.9 Å². The first-order valence-electron chi connectivity index (χ1n) is 9.80. The van der Waals surface area contributed by atoms with E-state index < -0.39 is 17.1 Å². The monoisotopic (exact) mass is 566 g/mol. The van der Waals surface area contributed by atoms with Gasteiger partial charge in [-0.05, 0) is 81.7 Å². The van der Waals surface area contributed by atoms with E-state index in [1.165, 1.54) is 7.11 Å². The first kappa shape index (κ1) is 24.1. The summed E-state index contributed by atoms with van der Waals surface area (Å²) in [5.41, 5.74) is 2.46. The Morgan fingerprint density at radius 3 is 2.44 bits per heavy atom. The molecule has 1 fully saturated rings. The van der Waals surface area contributed by atoms with Gasteiger partial charge in [0.15, 0.2) is 11.5 Å². The molecule has 3 rings (SSSR count). The molecule has 0 aromatic heterocycles. The maximum Gasteiger partial charge on any atom is 0.294 e. The van der Waals surface area contributed by atoms with Gasteiger partial charge >= 0.3 is 0 Å². The van der Waals surface area contributed by atoms with Crippen LogP contribution in [0.3, 0.4) is 0 Å². The third kappa shape index (κ3) is 5.44. The summed E-state index contributed by atoms with van der Waals surface area (Å²) in [5.74, 6) is 0.557. The van der Waals surface area contributed by atoms with Gasteiger partial charge in [0.1, 0.15) is 6.54 Å². The molecule has 168 valence electrons. The van der Waals surface area contributed by atoms with Crippen molar-refractivity contribution >= 4 is 63.2 Å². The molecular formula is C23H23IN2O5S. The molecule has 0 aliphatic carbocycles. The number of benzene rings is 2. The van der Waals surface area contributed by atoms with Crippen molar-refractivity contribution in [3.05, 3.63) is 56.0 Å². The molecule has 32 heavy (non-hydrogen) atoms. The fourth-order valence-corrected chi connectivity index (χ4v) is 4.79. The second kappa shape index (κ2) is 10.4. The van der Waals surface area contributed by atoms with Crippen LogP contribution < -0.4 is 14.8 Å². The second-order valence-corrected chi connectivity index (χ2v) is 9.49. The number of carbonyl (C=O) groups excluding carboxylic acids is 3. The predicted molar refractivity (Wildman–Crippen MR) is 134 cm³/mol. The van der Waals surface area contributed by atoms with Crippen molar-refractivity contribution in [2.45, 2.75) is 19.8 Å². The number of methoxy groups -OCH3 is 2. The van der Waals surface area contributed by atoms with Crippen LogP contribution in [0.25, 0.3) is 6.08 Å². The molecule has 0 atom stereocenters. The normalized spacial score (nSPS) is 14.9.